The molecule has 0 spiro atoms. The number of nitrogens with two attached hydrogens (primary N) is 1. The highest BCUT2D eigenvalue weighted by molar-refractivity contribution is 5.89. The van der Waals surface area contributed by atoms with Gasteiger partial charge in [-0.1, -0.05) is 39.0 Å². The van der Waals surface area contributed by atoms with Crippen molar-refractivity contribution in [3.8, 4) is 0 Å². The molecule has 0 aromatic heterocycles. The van der Waals surface area contributed by atoms with Crippen LogP contribution in [-0.2, 0) is 0 Å². The van der Waals surface area contributed by atoms with E-state index in [4.69, 9.17) is 10.8 Å². The van der Waals surface area contributed by atoms with Gasteiger partial charge >= 0.3 is 5.97 Å². The van der Waals surface area contributed by atoms with Crippen molar-refractivity contribution in [1.82, 2.24) is 0 Å². The minimum Gasteiger partial charge on any atom is -0.478 e. The molecule has 0 radical (unpaired) electrons. The topological polar surface area (TPSA) is 63.3 Å². The molecular weight excluding hydrogens is 226 g/mol. The number of hydrogen-bond donors (Lipinski definition) is 2. The molecule has 0 unspecified atom stereocenters. The molecular formula is C12H18ClNO2. The molecule has 0 heterocycles. The second-order valence-electron chi connectivity index (χ2n) is 4.74. The van der Waals surface area contributed by atoms with Crippen LogP contribution >= 0.6 is 12.4 Å². The highest BCUT2D eigenvalue weighted by atomic mass is 35.5. The lowest BCUT2D eigenvalue weighted by atomic mass is 9.81. The van der Waals surface area contributed by atoms with Gasteiger partial charge in [0.15, 0.2) is 0 Å². The van der Waals surface area contributed by atoms with Crippen LogP contribution < -0.4 is 5.73 Å². The number of carbonyl (C=O) groups is 1. The van der Waals surface area contributed by atoms with Crippen LogP contribution in [0.1, 0.15) is 42.7 Å². The van der Waals surface area contributed by atoms with Gasteiger partial charge in [0.25, 0.3) is 0 Å². The molecule has 0 saturated heterocycles. The summed E-state index contributed by atoms with van der Waals surface area (Å²) in [5.41, 5.74) is 6.88. The van der Waals surface area contributed by atoms with Crippen molar-refractivity contribution >= 4 is 18.4 Å². The van der Waals surface area contributed by atoms with Gasteiger partial charge in [0, 0.05) is 6.04 Å². The molecule has 0 amide bonds. The van der Waals surface area contributed by atoms with Gasteiger partial charge in [0.05, 0.1) is 5.56 Å². The van der Waals surface area contributed by atoms with Gasteiger partial charge in [-0.3, -0.25) is 0 Å². The van der Waals surface area contributed by atoms with E-state index >= 15 is 0 Å². The Morgan fingerprint density at radius 3 is 2.25 bits per heavy atom. The fourth-order valence-electron chi connectivity index (χ4n) is 1.43. The van der Waals surface area contributed by atoms with E-state index in [-0.39, 0.29) is 23.9 Å². The number of rotatable bonds is 2. The first-order chi connectivity index (χ1) is 6.84. The first-order valence-electron chi connectivity index (χ1n) is 4.92. The minimum atomic E-state index is -0.926. The van der Waals surface area contributed by atoms with Crippen LogP contribution in [0.2, 0.25) is 0 Å². The van der Waals surface area contributed by atoms with Crippen molar-refractivity contribution in [3.63, 3.8) is 0 Å². The third kappa shape index (κ3) is 3.22. The maximum atomic E-state index is 11.0. The van der Waals surface area contributed by atoms with Gasteiger partial charge in [-0.25, -0.2) is 4.79 Å². The summed E-state index contributed by atoms with van der Waals surface area (Å²) in [4.78, 5) is 11.0. The van der Waals surface area contributed by atoms with Crippen LogP contribution in [0.25, 0.3) is 0 Å². The van der Waals surface area contributed by atoms with Crippen molar-refractivity contribution in [2.45, 2.75) is 26.8 Å². The summed E-state index contributed by atoms with van der Waals surface area (Å²) in [5.74, 6) is -0.926. The molecule has 0 bridgehead atoms. The van der Waals surface area contributed by atoms with Crippen LogP contribution in [0, 0.1) is 5.41 Å². The summed E-state index contributed by atoms with van der Waals surface area (Å²) >= 11 is 0. The summed E-state index contributed by atoms with van der Waals surface area (Å²) in [5, 5.41) is 9.02. The molecule has 0 fully saturated rings. The van der Waals surface area contributed by atoms with E-state index in [0.29, 0.717) is 11.1 Å². The minimum absolute atomic E-state index is 0. The zero-order valence-electron chi connectivity index (χ0n) is 9.73. The van der Waals surface area contributed by atoms with Crippen LogP contribution in [0.3, 0.4) is 0 Å². The van der Waals surface area contributed by atoms with E-state index < -0.39 is 5.97 Å². The number of aromatic carboxylic acids is 1. The van der Waals surface area contributed by atoms with Gasteiger partial charge in [0.1, 0.15) is 0 Å². The maximum Gasteiger partial charge on any atom is 0.336 e. The van der Waals surface area contributed by atoms with Crippen LogP contribution in [-0.4, -0.2) is 11.1 Å². The average Bonchev–Trinajstić information content (AvgIpc) is 2.15. The highest BCUT2D eigenvalue weighted by Crippen LogP contribution is 2.32. The molecule has 90 valence electrons. The normalized spacial score (nSPS) is 12.8. The maximum absolute atomic E-state index is 11.0. The Labute approximate surface area is 102 Å². The number of halogens is 1. The van der Waals surface area contributed by atoms with Crippen LogP contribution in [0.4, 0.5) is 0 Å². The summed E-state index contributed by atoms with van der Waals surface area (Å²) in [6.45, 7) is 5.99. The second-order valence-corrected chi connectivity index (χ2v) is 4.74. The molecule has 0 aliphatic carbocycles. The Balaban J connectivity index is 0.00000225. The third-order valence-corrected chi connectivity index (χ3v) is 2.46. The molecule has 0 saturated carbocycles. The van der Waals surface area contributed by atoms with Crippen molar-refractivity contribution < 1.29 is 9.90 Å². The Morgan fingerprint density at radius 2 is 1.81 bits per heavy atom. The average molecular weight is 244 g/mol. The Morgan fingerprint density at radius 1 is 1.31 bits per heavy atom. The first kappa shape index (κ1) is 14.9. The van der Waals surface area contributed by atoms with Crippen molar-refractivity contribution in [2.75, 3.05) is 0 Å². The summed E-state index contributed by atoms with van der Waals surface area (Å²) in [6, 6.07) is 6.61. The van der Waals surface area contributed by atoms with E-state index in [1.165, 1.54) is 0 Å². The molecule has 16 heavy (non-hydrogen) atoms. The molecule has 1 aromatic carbocycles. The van der Waals surface area contributed by atoms with E-state index in [2.05, 4.69) is 0 Å². The number of carboxylic acids is 1. The standard InChI is InChI=1S/C12H17NO2.ClH/c1-12(2,3)10(13)8-6-4-5-7-9(8)11(14)15;/h4-7,10H,13H2,1-3H3,(H,14,15);1H/t10-;/m0./s1. The molecule has 0 aliphatic rings. The number of carboxylic acid groups (broad SMARTS) is 1. The Bertz CT molecular complexity index is 372. The first-order valence-corrected chi connectivity index (χ1v) is 4.92. The monoisotopic (exact) mass is 243 g/mol. The lowest BCUT2D eigenvalue weighted by Crippen LogP contribution is -2.27. The molecule has 0 aliphatic heterocycles. The summed E-state index contributed by atoms with van der Waals surface area (Å²) in [6.07, 6.45) is 0. The number of benzene rings is 1. The lowest BCUT2D eigenvalue weighted by molar-refractivity contribution is 0.0694. The highest BCUT2D eigenvalue weighted by Gasteiger charge is 2.25. The largest absolute Gasteiger partial charge is 0.478 e. The van der Waals surface area contributed by atoms with Crippen LogP contribution in [0.15, 0.2) is 24.3 Å². The van der Waals surface area contributed by atoms with Gasteiger partial charge in [-0.05, 0) is 17.0 Å². The molecule has 1 atom stereocenters. The predicted octanol–water partition coefficient (Wildman–Crippen LogP) is 2.85. The fourth-order valence-corrected chi connectivity index (χ4v) is 1.43. The molecule has 1 rings (SSSR count). The lowest BCUT2D eigenvalue weighted by Gasteiger charge is -2.28. The van der Waals surface area contributed by atoms with Crippen molar-refractivity contribution in [3.05, 3.63) is 35.4 Å². The van der Waals surface area contributed by atoms with E-state index in [0.717, 1.165) is 0 Å². The fraction of sp³-hybridized carbons (Fsp3) is 0.417. The Kier molecular flexibility index (Phi) is 4.97. The molecule has 3 N–H and O–H groups in total. The summed E-state index contributed by atoms with van der Waals surface area (Å²) in [7, 11) is 0. The van der Waals surface area contributed by atoms with E-state index in [9.17, 15) is 4.79 Å². The van der Waals surface area contributed by atoms with E-state index in [1.807, 2.05) is 26.8 Å². The third-order valence-electron chi connectivity index (χ3n) is 2.46. The van der Waals surface area contributed by atoms with Gasteiger partial charge in [0.2, 0.25) is 0 Å². The van der Waals surface area contributed by atoms with Gasteiger partial charge in [-0.2, -0.15) is 0 Å². The van der Waals surface area contributed by atoms with E-state index in [1.54, 1.807) is 18.2 Å². The SMILES string of the molecule is CC(C)(C)[C@@H](N)c1ccccc1C(=O)O.Cl. The zero-order chi connectivity index (χ0) is 11.6. The summed E-state index contributed by atoms with van der Waals surface area (Å²) < 4.78 is 0. The smallest absolute Gasteiger partial charge is 0.336 e. The van der Waals surface area contributed by atoms with Crippen molar-refractivity contribution in [1.29, 1.82) is 0 Å². The van der Waals surface area contributed by atoms with Crippen molar-refractivity contribution in [2.24, 2.45) is 11.1 Å². The second kappa shape index (κ2) is 5.32. The zero-order valence-corrected chi connectivity index (χ0v) is 10.5. The molecule has 4 heteroatoms. The Hall–Kier alpha value is -1.06. The van der Waals surface area contributed by atoms with Crippen LogP contribution in [0.5, 0.6) is 0 Å². The van der Waals surface area contributed by atoms with Gasteiger partial charge in [-0.15, -0.1) is 12.4 Å². The van der Waals surface area contributed by atoms with Gasteiger partial charge < -0.3 is 10.8 Å². The molecule has 1 aromatic rings. The number of hydrogen-bond acceptors (Lipinski definition) is 2. The molecule has 3 nitrogen and oxygen atoms in total. The predicted molar refractivity (Wildman–Crippen MR) is 67.0 cm³/mol. The quantitative estimate of drug-likeness (QED) is 0.840.